The van der Waals surface area contributed by atoms with E-state index in [9.17, 15) is 4.39 Å². The van der Waals surface area contributed by atoms with Gasteiger partial charge in [0, 0.05) is 6.04 Å². The standard InChI is InChI=1S/C11H15BrFN.ClH/c1-7(2)5-11(14)8-3-4-10(13)9(12)6-8;/h3-4,6-7,11H,5,14H2,1-2H3;1H/t11-;/m1./s1. The van der Waals surface area contributed by atoms with Crippen LogP contribution in [0.25, 0.3) is 0 Å². The van der Waals surface area contributed by atoms with Crippen LogP contribution in [0.1, 0.15) is 31.9 Å². The second-order valence-corrected chi connectivity index (χ2v) is 4.76. The molecule has 0 radical (unpaired) electrons. The van der Waals surface area contributed by atoms with Gasteiger partial charge in [-0.3, -0.25) is 0 Å². The summed E-state index contributed by atoms with van der Waals surface area (Å²) in [5, 5.41) is 0. The molecule has 1 aromatic rings. The van der Waals surface area contributed by atoms with E-state index in [0.717, 1.165) is 12.0 Å². The Morgan fingerprint density at radius 1 is 1.40 bits per heavy atom. The van der Waals surface area contributed by atoms with Gasteiger partial charge in [-0.2, -0.15) is 0 Å². The van der Waals surface area contributed by atoms with Gasteiger partial charge >= 0.3 is 0 Å². The Morgan fingerprint density at radius 3 is 2.47 bits per heavy atom. The first-order chi connectivity index (χ1) is 6.50. The van der Waals surface area contributed by atoms with E-state index in [1.54, 1.807) is 12.1 Å². The van der Waals surface area contributed by atoms with Crippen LogP contribution in [0.15, 0.2) is 22.7 Å². The molecule has 0 aliphatic carbocycles. The summed E-state index contributed by atoms with van der Waals surface area (Å²) < 4.78 is 13.4. The lowest BCUT2D eigenvalue weighted by atomic mass is 9.98. The maximum atomic E-state index is 12.9. The van der Waals surface area contributed by atoms with Crippen molar-refractivity contribution in [3.63, 3.8) is 0 Å². The van der Waals surface area contributed by atoms with E-state index < -0.39 is 0 Å². The molecule has 0 bridgehead atoms. The molecule has 0 saturated heterocycles. The Bertz CT molecular complexity index is 317. The molecule has 0 amide bonds. The number of nitrogens with two attached hydrogens (primary N) is 1. The minimum Gasteiger partial charge on any atom is -0.324 e. The molecule has 0 fully saturated rings. The van der Waals surface area contributed by atoms with Crippen molar-refractivity contribution in [2.45, 2.75) is 26.3 Å². The van der Waals surface area contributed by atoms with Crippen molar-refractivity contribution >= 4 is 28.3 Å². The van der Waals surface area contributed by atoms with Crippen LogP contribution >= 0.6 is 28.3 Å². The summed E-state index contributed by atoms with van der Waals surface area (Å²) in [7, 11) is 0. The number of hydrogen-bond acceptors (Lipinski definition) is 1. The zero-order valence-electron chi connectivity index (χ0n) is 8.84. The fourth-order valence-corrected chi connectivity index (χ4v) is 1.78. The van der Waals surface area contributed by atoms with Gasteiger partial charge in [0.15, 0.2) is 0 Å². The molecule has 15 heavy (non-hydrogen) atoms. The third kappa shape index (κ3) is 4.49. The van der Waals surface area contributed by atoms with Crippen LogP contribution in [0.4, 0.5) is 4.39 Å². The Hall–Kier alpha value is -0.120. The Morgan fingerprint density at radius 2 is 2.00 bits per heavy atom. The predicted molar refractivity (Wildman–Crippen MR) is 67.7 cm³/mol. The molecule has 0 spiro atoms. The van der Waals surface area contributed by atoms with Crippen LogP contribution in [0.2, 0.25) is 0 Å². The predicted octanol–water partition coefficient (Wildman–Crippen LogP) is 4.06. The van der Waals surface area contributed by atoms with Crippen LogP contribution in [0, 0.1) is 11.7 Å². The minimum atomic E-state index is -0.245. The van der Waals surface area contributed by atoms with E-state index in [-0.39, 0.29) is 24.3 Å². The van der Waals surface area contributed by atoms with Crippen LogP contribution in [-0.4, -0.2) is 0 Å². The van der Waals surface area contributed by atoms with Crippen LogP contribution < -0.4 is 5.73 Å². The molecule has 0 aromatic heterocycles. The Kier molecular flexibility index (Phi) is 6.41. The number of hydrogen-bond donors (Lipinski definition) is 1. The third-order valence-electron chi connectivity index (χ3n) is 2.10. The topological polar surface area (TPSA) is 26.0 Å². The molecule has 4 heteroatoms. The first-order valence-electron chi connectivity index (χ1n) is 4.71. The maximum absolute atomic E-state index is 12.9. The highest BCUT2D eigenvalue weighted by atomic mass is 79.9. The van der Waals surface area contributed by atoms with Crippen LogP contribution in [0.5, 0.6) is 0 Å². The van der Waals surface area contributed by atoms with Gasteiger partial charge in [0.05, 0.1) is 4.47 Å². The summed E-state index contributed by atoms with van der Waals surface area (Å²) in [5.74, 6) is 0.305. The molecule has 1 rings (SSSR count). The van der Waals surface area contributed by atoms with Gasteiger partial charge in [-0.25, -0.2) is 4.39 Å². The van der Waals surface area contributed by atoms with Gasteiger partial charge in [0.1, 0.15) is 5.82 Å². The number of halogens is 3. The molecular formula is C11H16BrClFN. The second kappa shape index (κ2) is 6.46. The van der Waals surface area contributed by atoms with Crippen molar-refractivity contribution in [3.05, 3.63) is 34.1 Å². The number of rotatable bonds is 3. The van der Waals surface area contributed by atoms with E-state index in [2.05, 4.69) is 29.8 Å². The first kappa shape index (κ1) is 14.9. The van der Waals surface area contributed by atoms with E-state index in [4.69, 9.17) is 5.73 Å². The fourth-order valence-electron chi connectivity index (χ4n) is 1.39. The van der Waals surface area contributed by atoms with Crippen molar-refractivity contribution < 1.29 is 4.39 Å². The molecule has 0 aliphatic rings. The van der Waals surface area contributed by atoms with Crippen molar-refractivity contribution in [2.24, 2.45) is 11.7 Å². The van der Waals surface area contributed by atoms with Gasteiger partial charge in [-0.05, 0) is 46.0 Å². The largest absolute Gasteiger partial charge is 0.324 e. The summed E-state index contributed by atoms with van der Waals surface area (Å²) in [4.78, 5) is 0. The minimum absolute atomic E-state index is 0. The fraction of sp³-hybridized carbons (Fsp3) is 0.455. The molecule has 0 unspecified atom stereocenters. The van der Waals surface area contributed by atoms with Gasteiger partial charge in [-0.1, -0.05) is 19.9 Å². The maximum Gasteiger partial charge on any atom is 0.137 e. The van der Waals surface area contributed by atoms with Crippen molar-refractivity contribution in [1.29, 1.82) is 0 Å². The van der Waals surface area contributed by atoms with E-state index in [1.807, 2.05) is 0 Å². The SMILES string of the molecule is CC(C)C[C@@H](N)c1ccc(F)c(Br)c1.Cl. The lowest BCUT2D eigenvalue weighted by molar-refractivity contribution is 0.509. The van der Waals surface area contributed by atoms with E-state index in [1.165, 1.54) is 6.07 Å². The van der Waals surface area contributed by atoms with Crippen molar-refractivity contribution in [2.75, 3.05) is 0 Å². The molecule has 0 aliphatic heterocycles. The third-order valence-corrected chi connectivity index (χ3v) is 2.70. The molecule has 2 N–H and O–H groups in total. The molecule has 0 saturated carbocycles. The van der Waals surface area contributed by atoms with Gasteiger partial charge in [-0.15, -0.1) is 12.4 Å². The monoisotopic (exact) mass is 295 g/mol. The summed E-state index contributed by atoms with van der Waals surface area (Å²) in [6.45, 7) is 4.25. The first-order valence-corrected chi connectivity index (χ1v) is 5.50. The zero-order valence-corrected chi connectivity index (χ0v) is 11.2. The Labute approximate surface area is 105 Å². The molecule has 1 nitrogen and oxygen atoms in total. The molecule has 86 valence electrons. The average Bonchev–Trinajstić information content (AvgIpc) is 2.08. The highest BCUT2D eigenvalue weighted by Crippen LogP contribution is 2.23. The lowest BCUT2D eigenvalue weighted by Crippen LogP contribution is -2.12. The molecular weight excluding hydrogens is 280 g/mol. The highest BCUT2D eigenvalue weighted by molar-refractivity contribution is 9.10. The quantitative estimate of drug-likeness (QED) is 0.894. The van der Waals surface area contributed by atoms with Crippen LogP contribution in [0.3, 0.4) is 0 Å². The second-order valence-electron chi connectivity index (χ2n) is 3.91. The molecule has 0 heterocycles. The summed E-state index contributed by atoms with van der Waals surface area (Å²) >= 11 is 3.15. The average molecular weight is 297 g/mol. The van der Waals surface area contributed by atoms with Crippen LogP contribution in [-0.2, 0) is 0 Å². The lowest BCUT2D eigenvalue weighted by Gasteiger charge is -2.14. The molecule has 1 atom stereocenters. The van der Waals surface area contributed by atoms with Crippen molar-refractivity contribution in [3.8, 4) is 0 Å². The van der Waals surface area contributed by atoms with E-state index >= 15 is 0 Å². The van der Waals surface area contributed by atoms with E-state index in [0.29, 0.717) is 10.4 Å². The van der Waals surface area contributed by atoms with Crippen molar-refractivity contribution in [1.82, 2.24) is 0 Å². The summed E-state index contributed by atoms with van der Waals surface area (Å²) in [6.07, 6.45) is 0.915. The van der Waals surface area contributed by atoms with Gasteiger partial charge < -0.3 is 5.73 Å². The normalized spacial score (nSPS) is 12.4. The van der Waals surface area contributed by atoms with Gasteiger partial charge in [0.25, 0.3) is 0 Å². The highest BCUT2D eigenvalue weighted by Gasteiger charge is 2.09. The number of benzene rings is 1. The summed E-state index contributed by atoms with van der Waals surface area (Å²) in [5.41, 5.74) is 6.95. The zero-order chi connectivity index (χ0) is 10.7. The van der Waals surface area contributed by atoms with Gasteiger partial charge in [0.2, 0.25) is 0 Å². The molecule has 1 aromatic carbocycles. The Balaban J connectivity index is 0.00000196. The summed E-state index contributed by atoms with van der Waals surface area (Å²) in [6, 6.07) is 4.93. The smallest absolute Gasteiger partial charge is 0.137 e.